The van der Waals surface area contributed by atoms with E-state index in [4.69, 9.17) is 0 Å². The van der Waals surface area contributed by atoms with Crippen LogP contribution in [0.15, 0.2) is 18.7 Å². The Morgan fingerprint density at radius 1 is 1.39 bits per heavy atom. The molecule has 5 nitrogen and oxygen atoms in total. The first-order valence-electron chi connectivity index (χ1n) is 6.57. The number of hydrogen-bond acceptors (Lipinski definition) is 4. The number of nitrogens with zero attached hydrogens (tertiary/aromatic N) is 4. The van der Waals surface area contributed by atoms with Gasteiger partial charge in [0.15, 0.2) is 5.65 Å². The molecule has 0 bridgehead atoms. The standard InChI is InChI=1S/C13H21N5/c1-4-14-11(7-10(2)3)8-12-13-17-16-9-18(13)6-5-15-12/h5-6,9-11,14H,4,7-8H2,1-3H3. The van der Waals surface area contributed by atoms with Crippen molar-refractivity contribution >= 4 is 5.65 Å². The largest absolute Gasteiger partial charge is 0.314 e. The summed E-state index contributed by atoms with van der Waals surface area (Å²) in [5.41, 5.74) is 1.88. The molecular formula is C13H21N5. The van der Waals surface area contributed by atoms with Crippen molar-refractivity contribution in [1.82, 2.24) is 24.9 Å². The van der Waals surface area contributed by atoms with Gasteiger partial charge < -0.3 is 5.32 Å². The zero-order valence-corrected chi connectivity index (χ0v) is 11.3. The maximum absolute atomic E-state index is 4.45. The fourth-order valence-electron chi connectivity index (χ4n) is 2.29. The molecule has 98 valence electrons. The molecule has 0 saturated carbocycles. The molecule has 0 saturated heterocycles. The molecule has 0 fully saturated rings. The summed E-state index contributed by atoms with van der Waals surface area (Å²) in [6, 6.07) is 0.449. The summed E-state index contributed by atoms with van der Waals surface area (Å²) in [5.74, 6) is 0.673. The number of hydrogen-bond donors (Lipinski definition) is 1. The molecule has 2 rings (SSSR count). The maximum Gasteiger partial charge on any atom is 0.182 e. The highest BCUT2D eigenvalue weighted by Gasteiger charge is 2.14. The molecule has 0 aliphatic heterocycles. The SMILES string of the molecule is CCNC(Cc1nccn2cnnc12)CC(C)C. The van der Waals surface area contributed by atoms with Gasteiger partial charge in [-0.15, -0.1) is 10.2 Å². The van der Waals surface area contributed by atoms with Crippen molar-refractivity contribution in [3.8, 4) is 0 Å². The molecule has 2 aromatic rings. The van der Waals surface area contributed by atoms with Crippen molar-refractivity contribution < 1.29 is 0 Å². The Kier molecular flexibility index (Phi) is 4.25. The summed E-state index contributed by atoms with van der Waals surface area (Å²) < 4.78 is 1.92. The number of aromatic nitrogens is 4. The van der Waals surface area contributed by atoms with E-state index in [0.717, 1.165) is 30.7 Å². The molecule has 1 unspecified atom stereocenters. The van der Waals surface area contributed by atoms with Gasteiger partial charge >= 0.3 is 0 Å². The normalized spacial score (nSPS) is 13.3. The van der Waals surface area contributed by atoms with Gasteiger partial charge in [-0.2, -0.15) is 0 Å². The molecule has 0 spiro atoms. The van der Waals surface area contributed by atoms with E-state index in [0.29, 0.717) is 12.0 Å². The fraction of sp³-hybridized carbons (Fsp3) is 0.615. The molecule has 2 heterocycles. The first-order valence-corrected chi connectivity index (χ1v) is 6.57. The van der Waals surface area contributed by atoms with E-state index in [9.17, 15) is 0 Å². The van der Waals surface area contributed by atoms with Crippen LogP contribution in [0.4, 0.5) is 0 Å². The minimum atomic E-state index is 0.449. The lowest BCUT2D eigenvalue weighted by molar-refractivity contribution is 0.421. The highest BCUT2D eigenvalue weighted by Crippen LogP contribution is 2.12. The van der Waals surface area contributed by atoms with Gasteiger partial charge in [0.25, 0.3) is 0 Å². The summed E-state index contributed by atoms with van der Waals surface area (Å²) in [7, 11) is 0. The zero-order valence-electron chi connectivity index (χ0n) is 11.3. The monoisotopic (exact) mass is 247 g/mol. The summed E-state index contributed by atoms with van der Waals surface area (Å²) in [6.45, 7) is 7.61. The third kappa shape index (κ3) is 3.04. The Labute approximate surface area is 108 Å². The average molecular weight is 247 g/mol. The predicted molar refractivity (Wildman–Crippen MR) is 71.4 cm³/mol. The highest BCUT2D eigenvalue weighted by atomic mass is 15.2. The van der Waals surface area contributed by atoms with Crippen molar-refractivity contribution in [3.05, 3.63) is 24.4 Å². The van der Waals surface area contributed by atoms with Crippen LogP contribution in [-0.4, -0.2) is 32.2 Å². The average Bonchev–Trinajstić information content (AvgIpc) is 2.77. The molecule has 1 atom stereocenters. The van der Waals surface area contributed by atoms with Gasteiger partial charge in [-0.3, -0.25) is 9.38 Å². The van der Waals surface area contributed by atoms with Crippen LogP contribution in [0.2, 0.25) is 0 Å². The van der Waals surface area contributed by atoms with Crippen LogP contribution in [0, 0.1) is 5.92 Å². The van der Waals surface area contributed by atoms with Crippen molar-refractivity contribution in [2.75, 3.05) is 6.54 Å². The van der Waals surface area contributed by atoms with Gasteiger partial charge in [-0.25, -0.2) is 0 Å². The van der Waals surface area contributed by atoms with Crippen LogP contribution >= 0.6 is 0 Å². The second-order valence-electron chi connectivity index (χ2n) is 5.02. The molecule has 18 heavy (non-hydrogen) atoms. The van der Waals surface area contributed by atoms with Crippen LogP contribution in [0.25, 0.3) is 5.65 Å². The Bertz CT molecular complexity index is 491. The van der Waals surface area contributed by atoms with E-state index in [-0.39, 0.29) is 0 Å². The van der Waals surface area contributed by atoms with Gasteiger partial charge in [0, 0.05) is 24.9 Å². The Morgan fingerprint density at radius 3 is 2.94 bits per heavy atom. The second-order valence-corrected chi connectivity index (χ2v) is 5.02. The van der Waals surface area contributed by atoms with E-state index in [1.165, 1.54) is 0 Å². The molecule has 0 aliphatic carbocycles. The van der Waals surface area contributed by atoms with Crippen molar-refractivity contribution in [3.63, 3.8) is 0 Å². The highest BCUT2D eigenvalue weighted by molar-refractivity contribution is 5.42. The molecule has 0 aromatic carbocycles. The molecule has 0 aliphatic rings. The van der Waals surface area contributed by atoms with E-state index >= 15 is 0 Å². The molecule has 5 heteroatoms. The van der Waals surface area contributed by atoms with Crippen molar-refractivity contribution in [2.45, 2.75) is 39.7 Å². The second kappa shape index (κ2) is 5.91. The Morgan fingerprint density at radius 2 is 2.22 bits per heavy atom. The van der Waals surface area contributed by atoms with Crippen molar-refractivity contribution in [2.24, 2.45) is 5.92 Å². The zero-order chi connectivity index (χ0) is 13.0. The topological polar surface area (TPSA) is 55.1 Å². The van der Waals surface area contributed by atoms with Gasteiger partial charge in [0.2, 0.25) is 0 Å². The van der Waals surface area contributed by atoms with E-state index in [2.05, 4.69) is 41.3 Å². The van der Waals surface area contributed by atoms with Crippen LogP contribution in [-0.2, 0) is 6.42 Å². The third-order valence-corrected chi connectivity index (χ3v) is 2.98. The maximum atomic E-state index is 4.45. The number of nitrogens with one attached hydrogen (secondary N) is 1. The molecule has 0 radical (unpaired) electrons. The van der Waals surface area contributed by atoms with Crippen LogP contribution in [0.1, 0.15) is 32.9 Å². The first-order chi connectivity index (χ1) is 8.70. The predicted octanol–water partition coefficient (Wildman–Crippen LogP) is 1.69. The number of fused-ring (bicyclic) bond motifs is 1. The van der Waals surface area contributed by atoms with E-state index < -0.39 is 0 Å². The number of likely N-dealkylation sites (N-methyl/N-ethyl adjacent to an activating group) is 1. The third-order valence-electron chi connectivity index (χ3n) is 2.98. The summed E-state index contributed by atoms with van der Waals surface area (Å²) >= 11 is 0. The van der Waals surface area contributed by atoms with E-state index in [1.807, 2.05) is 16.8 Å². The summed E-state index contributed by atoms with van der Waals surface area (Å²) in [6.07, 6.45) is 7.44. The minimum Gasteiger partial charge on any atom is -0.314 e. The lowest BCUT2D eigenvalue weighted by Crippen LogP contribution is -2.32. The van der Waals surface area contributed by atoms with Gasteiger partial charge in [0.1, 0.15) is 6.33 Å². The van der Waals surface area contributed by atoms with Crippen molar-refractivity contribution in [1.29, 1.82) is 0 Å². The van der Waals surface area contributed by atoms with Gasteiger partial charge in [0.05, 0.1) is 5.69 Å². The lowest BCUT2D eigenvalue weighted by Gasteiger charge is -2.19. The van der Waals surface area contributed by atoms with Crippen LogP contribution < -0.4 is 5.32 Å². The molecule has 1 N–H and O–H groups in total. The lowest BCUT2D eigenvalue weighted by atomic mass is 9.99. The van der Waals surface area contributed by atoms with Gasteiger partial charge in [-0.05, 0) is 18.9 Å². The fourth-order valence-corrected chi connectivity index (χ4v) is 2.29. The Hall–Kier alpha value is -1.49. The number of rotatable bonds is 6. The molecule has 2 aromatic heterocycles. The molecular weight excluding hydrogens is 226 g/mol. The van der Waals surface area contributed by atoms with E-state index in [1.54, 1.807) is 6.33 Å². The smallest absolute Gasteiger partial charge is 0.182 e. The first kappa shape index (κ1) is 13.0. The minimum absolute atomic E-state index is 0.449. The molecule has 0 amide bonds. The van der Waals surface area contributed by atoms with Crippen LogP contribution in [0.5, 0.6) is 0 Å². The quantitative estimate of drug-likeness (QED) is 0.844. The Balaban J connectivity index is 2.17. The summed E-state index contributed by atoms with van der Waals surface area (Å²) in [4.78, 5) is 4.45. The summed E-state index contributed by atoms with van der Waals surface area (Å²) in [5, 5.41) is 11.6. The van der Waals surface area contributed by atoms with Gasteiger partial charge in [-0.1, -0.05) is 20.8 Å². The van der Waals surface area contributed by atoms with Crippen LogP contribution in [0.3, 0.4) is 0 Å².